The lowest BCUT2D eigenvalue weighted by Gasteiger charge is -2.14. The van der Waals surface area contributed by atoms with Crippen LogP contribution in [0.1, 0.15) is 34.3 Å². The molecule has 0 saturated carbocycles. The molecule has 1 amide bonds. The van der Waals surface area contributed by atoms with Gasteiger partial charge >= 0.3 is 5.97 Å². The van der Waals surface area contributed by atoms with E-state index in [1.165, 1.54) is 6.33 Å². The van der Waals surface area contributed by atoms with Gasteiger partial charge in [0.25, 0.3) is 5.91 Å². The fraction of sp³-hybridized carbons (Fsp3) is 0.500. The van der Waals surface area contributed by atoms with Crippen molar-refractivity contribution < 1.29 is 14.7 Å². The molecule has 1 aromatic heterocycles. The molecule has 1 aromatic rings. The monoisotopic (exact) mass is 257 g/mol. The van der Waals surface area contributed by atoms with Crippen molar-refractivity contribution in [3.63, 3.8) is 0 Å². The number of aromatic nitrogens is 2. The molecular formula is C10H15N3O3S. The molecule has 1 rings (SSSR count). The number of nitrogens with zero attached hydrogens (tertiary/aromatic N) is 1. The number of aromatic amines is 1. The van der Waals surface area contributed by atoms with Gasteiger partial charge in [-0.3, -0.25) is 4.79 Å². The van der Waals surface area contributed by atoms with Crippen molar-refractivity contribution in [2.45, 2.75) is 19.4 Å². The summed E-state index contributed by atoms with van der Waals surface area (Å²) in [6, 6.07) is 0.0239. The van der Waals surface area contributed by atoms with Crippen molar-refractivity contribution in [3.05, 3.63) is 17.7 Å². The number of aromatic carboxylic acids is 1. The molecule has 0 spiro atoms. The van der Waals surface area contributed by atoms with Gasteiger partial charge in [0.2, 0.25) is 0 Å². The number of imidazole rings is 1. The molecular weight excluding hydrogens is 242 g/mol. The zero-order chi connectivity index (χ0) is 12.8. The Balaban J connectivity index is 2.75. The number of carboxylic acids is 1. The number of carbonyl (C=O) groups is 2. The minimum atomic E-state index is -1.19. The molecule has 0 aliphatic rings. The largest absolute Gasteiger partial charge is 0.477 e. The highest BCUT2D eigenvalue weighted by Gasteiger charge is 2.21. The third-order valence-corrected chi connectivity index (χ3v) is 3.00. The Bertz CT molecular complexity index is 405. The summed E-state index contributed by atoms with van der Waals surface area (Å²) in [6.45, 7) is 1.96. The second-order valence-corrected chi connectivity index (χ2v) is 4.38. The van der Waals surface area contributed by atoms with E-state index < -0.39 is 11.9 Å². The predicted molar refractivity (Wildman–Crippen MR) is 65.5 cm³/mol. The molecule has 1 heterocycles. The lowest BCUT2D eigenvalue weighted by molar-refractivity contribution is 0.0684. The fourth-order valence-corrected chi connectivity index (χ4v) is 2.07. The van der Waals surface area contributed by atoms with E-state index in [1.54, 1.807) is 11.8 Å². The van der Waals surface area contributed by atoms with Crippen LogP contribution in [0.15, 0.2) is 6.33 Å². The molecule has 0 saturated heterocycles. The standard InChI is InChI=1S/C10H15N3O3S/c1-3-6(4-17-2)13-9(14)7-8(10(15)16)12-5-11-7/h5-6H,3-4H2,1-2H3,(H,11,12)(H,13,14)(H,15,16). The number of amides is 1. The zero-order valence-electron chi connectivity index (χ0n) is 9.69. The van der Waals surface area contributed by atoms with Crippen molar-refractivity contribution in [1.29, 1.82) is 0 Å². The Labute approximate surface area is 103 Å². The first-order valence-electron chi connectivity index (χ1n) is 5.16. The molecule has 0 aromatic carbocycles. The first-order chi connectivity index (χ1) is 8.10. The van der Waals surface area contributed by atoms with Crippen LogP contribution in [0.5, 0.6) is 0 Å². The fourth-order valence-electron chi connectivity index (χ4n) is 1.35. The number of nitrogens with one attached hydrogen (secondary N) is 2. The summed E-state index contributed by atoms with van der Waals surface area (Å²) in [5.74, 6) is -0.857. The number of hydrogen-bond donors (Lipinski definition) is 3. The van der Waals surface area contributed by atoms with Crippen molar-refractivity contribution in [2.75, 3.05) is 12.0 Å². The molecule has 1 unspecified atom stereocenters. The summed E-state index contributed by atoms with van der Waals surface area (Å²) in [5, 5.41) is 11.6. The maximum absolute atomic E-state index is 11.8. The first kappa shape index (κ1) is 13.6. The first-order valence-corrected chi connectivity index (χ1v) is 6.56. The van der Waals surface area contributed by atoms with Gasteiger partial charge in [-0.25, -0.2) is 9.78 Å². The van der Waals surface area contributed by atoms with E-state index in [0.29, 0.717) is 0 Å². The molecule has 17 heavy (non-hydrogen) atoms. The Morgan fingerprint density at radius 3 is 2.88 bits per heavy atom. The number of rotatable bonds is 6. The van der Waals surface area contributed by atoms with Crippen LogP contribution in [0, 0.1) is 0 Å². The van der Waals surface area contributed by atoms with Gasteiger partial charge in [-0.2, -0.15) is 11.8 Å². The molecule has 0 bridgehead atoms. The minimum Gasteiger partial charge on any atom is -0.477 e. The maximum atomic E-state index is 11.8. The summed E-state index contributed by atoms with van der Waals surface area (Å²) in [6.07, 6.45) is 3.94. The number of carboxylic acid groups (broad SMARTS) is 1. The summed E-state index contributed by atoms with van der Waals surface area (Å²) < 4.78 is 0. The molecule has 1 atom stereocenters. The normalized spacial score (nSPS) is 12.1. The van der Waals surface area contributed by atoms with E-state index in [1.807, 2.05) is 13.2 Å². The van der Waals surface area contributed by atoms with Crippen molar-refractivity contribution in [3.8, 4) is 0 Å². The number of thioether (sulfide) groups is 1. The predicted octanol–water partition coefficient (Wildman–Crippen LogP) is 0.979. The lowest BCUT2D eigenvalue weighted by Crippen LogP contribution is -2.37. The highest BCUT2D eigenvalue weighted by atomic mass is 32.2. The molecule has 0 aliphatic heterocycles. The Kier molecular flexibility index (Phi) is 5.02. The topological polar surface area (TPSA) is 95.1 Å². The average molecular weight is 257 g/mol. The third kappa shape index (κ3) is 3.48. The van der Waals surface area contributed by atoms with Gasteiger partial charge in [0.15, 0.2) is 11.4 Å². The van der Waals surface area contributed by atoms with Crippen molar-refractivity contribution in [2.24, 2.45) is 0 Å². The van der Waals surface area contributed by atoms with Gasteiger partial charge in [-0.1, -0.05) is 6.92 Å². The van der Waals surface area contributed by atoms with Crippen molar-refractivity contribution >= 4 is 23.6 Å². The number of H-pyrrole nitrogens is 1. The summed E-state index contributed by atoms with van der Waals surface area (Å²) in [7, 11) is 0. The van der Waals surface area contributed by atoms with Gasteiger partial charge in [-0.05, 0) is 12.7 Å². The van der Waals surface area contributed by atoms with Gasteiger partial charge in [-0.15, -0.1) is 0 Å². The van der Waals surface area contributed by atoms with Crippen LogP contribution in [0.4, 0.5) is 0 Å². The maximum Gasteiger partial charge on any atom is 0.354 e. The van der Waals surface area contributed by atoms with Crippen LogP contribution in [0.3, 0.4) is 0 Å². The molecule has 0 fully saturated rings. The lowest BCUT2D eigenvalue weighted by atomic mass is 10.2. The Morgan fingerprint density at radius 2 is 2.35 bits per heavy atom. The van der Waals surface area contributed by atoms with Gasteiger partial charge in [0.1, 0.15) is 0 Å². The SMILES string of the molecule is CCC(CSC)NC(=O)c1nc[nH]c1C(=O)O. The van der Waals surface area contributed by atoms with Crippen LogP contribution in [0.2, 0.25) is 0 Å². The molecule has 6 nitrogen and oxygen atoms in total. The second kappa shape index (κ2) is 6.29. The zero-order valence-corrected chi connectivity index (χ0v) is 10.5. The van der Waals surface area contributed by atoms with Crippen LogP contribution in [-0.4, -0.2) is 45.0 Å². The Hall–Kier alpha value is -1.50. The van der Waals surface area contributed by atoms with Gasteiger partial charge in [0, 0.05) is 11.8 Å². The van der Waals surface area contributed by atoms with Crippen LogP contribution in [-0.2, 0) is 0 Å². The minimum absolute atomic E-state index is 0.0239. The average Bonchev–Trinajstić information content (AvgIpc) is 2.77. The van der Waals surface area contributed by atoms with Gasteiger partial charge < -0.3 is 15.4 Å². The van der Waals surface area contributed by atoms with E-state index >= 15 is 0 Å². The van der Waals surface area contributed by atoms with E-state index in [9.17, 15) is 9.59 Å². The molecule has 0 aliphatic carbocycles. The Morgan fingerprint density at radius 1 is 1.65 bits per heavy atom. The molecule has 3 N–H and O–H groups in total. The van der Waals surface area contributed by atoms with Crippen LogP contribution >= 0.6 is 11.8 Å². The van der Waals surface area contributed by atoms with E-state index in [-0.39, 0.29) is 17.4 Å². The molecule has 7 heteroatoms. The van der Waals surface area contributed by atoms with E-state index in [4.69, 9.17) is 5.11 Å². The van der Waals surface area contributed by atoms with Crippen LogP contribution in [0.25, 0.3) is 0 Å². The highest BCUT2D eigenvalue weighted by molar-refractivity contribution is 7.98. The molecule has 94 valence electrons. The quantitative estimate of drug-likeness (QED) is 0.706. The van der Waals surface area contributed by atoms with E-state index in [0.717, 1.165) is 12.2 Å². The summed E-state index contributed by atoms with van der Waals surface area (Å²) in [4.78, 5) is 28.8. The van der Waals surface area contributed by atoms with Crippen molar-refractivity contribution in [1.82, 2.24) is 15.3 Å². The second-order valence-electron chi connectivity index (χ2n) is 3.47. The smallest absolute Gasteiger partial charge is 0.354 e. The third-order valence-electron chi connectivity index (χ3n) is 2.26. The number of carbonyl (C=O) groups excluding carboxylic acids is 1. The summed E-state index contributed by atoms with van der Waals surface area (Å²) in [5.41, 5.74) is -0.251. The highest BCUT2D eigenvalue weighted by Crippen LogP contribution is 2.06. The van der Waals surface area contributed by atoms with Crippen LogP contribution < -0.4 is 5.32 Å². The van der Waals surface area contributed by atoms with Gasteiger partial charge in [0.05, 0.1) is 6.33 Å². The molecule has 0 radical (unpaired) electrons. The summed E-state index contributed by atoms with van der Waals surface area (Å²) >= 11 is 1.62. The number of hydrogen-bond acceptors (Lipinski definition) is 4. The van der Waals surface area contributed by atoms with E-state index in [2.05, 4.69) is 15.3 Å².